The number of hydrogen-bond acceptors (Lipinski definition) is 4. The largest absolute Gasteiger partial charge is 0.392 e. The van der Waals surface area contributed by atoms with Crippen molar-refractivity contribution < 1.29 is 14.4 Å². The van der Waals surface area contributed by atoms with Crippen molar-refractivity contribution in [1.82, 2.24) is 10.5 Å². The molecule has 2 N–H and O–H groups in total. The third-order valence-electron chi connectivity index (χ3n) is 4.32. The lowest BCUT2D eigenvalue weighted by Gasteiger charge is -2.49. The van der Waals surface area contributed by atoms with Gasteiger partial charge < -0.3 is 14.9 Å². The third kappa shape index (κ3) is 2.45. The minimum Gasteiger partial charge on any atom is -0.392 e. The summed E-state index contributed by atoms with van der Waals surface area (Å²) in [5, 5.41) is 16.4. The Bertz CT molecular complexity index is 649. The molecule has 0 saturated heterocycles. The zero-order chi connectivity index (χ0) is 15.0. The molecule has 1 saturated carbocycles. The Balaban J connectivity index is 1.71. The molecule has 21 heavy (non-hydrogen) atoms. The summed E-state index contributed by atoms with van der Waals surface area (Å²) >= 11 is 0. The number of aliphatic hydroxyl groups is 1. The average molecular weight is 286 g/mol. The Morgan fingerprint density at radius 1 is 1.38 bits per heavy atom. The fourth-order valence-corrected chi connectivity index (χ4v) is 2.50. The molecule has 5 nitrogen and oxygen atoms in total. The van der Waals surface area contributed by atoms with Gasteiger partial charge in [0, 0.05) is 23.1 Å². The molecule has 2 atom stereocenters. The van der Waals surface area contributed by atoms with Gasteiger partial charge in [0.15, 0.2) is 11.5 Å². The molecule has 0 bridgehead atoms. The van der Waals surface area contributed by atoms with E-state index in [0.717, 1.165) is 5.56 Å². The van der Waals surface area contributed by atoms with E-state index < -0.39 is 0 Å². The smallest absolute Gasteiger partial charge is 0.273 e. The number of rotatable bonds is 3. The minimum atomic E-state index is -0.375. The van der Waals surface area contributed by atoms with E-state index in [1.165, 1.54) is 0 Å². The quantitative estimate of drug-likeness (QED) is 0.907. The fraction of sp³-hybridized carbons (Fsp3) is 0.375. The molecule has 1 amide bonds. The standard InChI is InChI=1S/C16H18N2O3/c1-16(2)13(9-14(16)19)17-15(20)11-8-12(21-18-11)10-6-4-3-5-7-10/h3-8,13-14,19H,9H2,1-2H3,(H,17,20). The van der Waals surface area contributed by atoms with Crippen molar-refractivity contribution in [3.05, 3.63) is 42.1 Å². The summed E-state index contributed by atoms with van der Waals surface area (Å²) in [7, 11) is 0. The zero-order valence-corrected chi connectivity index (χ0v) is 12.0. The lowest BCUT2D eigenvalue weighted by molar-refractivity contribution is -0.0690. The van der Waals surface area contributed by atoms with E-state index in [1.807, 2.05) is 44.2 Å². The summed E-state index contributed by atoms with van der Waals surface area (Å²) in [6, 6.07) is 11.1. The van der Waals surface area contributed by atoms with E-state index in [-0.39, 0.29) is 29.2 Å². The monoisotopic (exact) mass is 286 g/mol. The first-order valence-corrected chi connectivity index (χ1v) is 6.99. The fourth-order valence-electron chi connectivity index (χ4n) is 2.50. The van der Waals surface area contributed by atoms with Crippen LogP contribution >= 0.6 is 0 Å². The van der Waals surface area contributed by atoms with Gasteiger partial charge in [-0.2, -0.15) is 0 Å². The zero-order valence-electron chi connectivity index (χ0n) is 12.0. The maximum Gasteiger partial charge on any atom is 0.273 e. The van der Waals surface area contributed by atoms with Crippen molar-refractivity contribution in [1.29, 1.82) is 0 Å². The van der Waals surface area contributed by atoms with E-state index in [4.69, 9.17) is 4.52 Å². The van der Waals surface area contributed by atoms with Gasteiger partial charge in [0.05, 0.1) is 6.10 Å². The third-order valence-corrected chi connectivity index (χ3v) is 4.32. The predicted molar refractivity (Wildman–Crippen MR) is 77.6 cm³/mol. The number of carbonyl (C=O) groups is 1. The highest BCUT2D eigenvalue weighted by atomic mass is 16.5. The summed E-state index contributed by atoms with van der Waals surface area (Å²) in [5.74, 6) is 0.291. The van der Waals surface area contributed by atoms with Crippen molar-refractivity contribution in [3.8, 4) is 11.3 Å². The van der Waals surface area contributed by atoms with Crippen molar-refractivity contribution in [2.75, 3.05) is 0 Å². The molecule has 1 fully saturated rings. The second-order valence-electron chi connectivity index (χ2n) is 6.04. The highest BCUT2D eigenvalue weighted by Gasteiger charge is 2.48. The highest BCUT2D eigenvalue weighted by Crippen LogP contribution is 2.40. The van der Waals surface area contributed by atoms with Crippen LogP contribution < -0.4 is 5.32 Å². The molecule has 0 spiro atoms. The van der Waals surface area contributed by atoms with Crippen LogP contribution in [-0.4, -0.2) is 28.3 Å². The molecule has 1 aromatic heterocycles. The summed E-state index contributed by atoms with van der Waals surface area (Å²) in [6.07, 6.45) is 0.197. The van der Waals surface area contributed by atoms with Gasteiger partial charge in [0.1, 0.15) is 0 Å². The van der Waals surface area contributed by atoms with Gasteiger partial charge in [-0.3, -0.25) is 4.79 Å². The van der Waals surface area contributed by atoms with Crippen LogP contribution in [0, 0.1) is 5.41 Å². The first kappa shape index (κ1) is 13.8. The van der Waals surface area contributed by atoms with Crippen molar-refractivity contribution in [2.24, 2.45) is 5.41 Å². The molecule has 0 radical (unpaired) electrons. The van der Waals surface area contributed by atoms with Gasteiger partial charge in [-0.1, -0.05) is 49.3 Å². The molecule has 2 unspecified atom stereocenters. The van der Waals surface area contributed by atoms with Gasteiger partial charge in [0.25, 0.3) is 5.91 Å². The van der Waals surface area contributed by atoms with Crippen LogP contribution in [0.1, 0.15) is 30.8 Å². The van der Waals surface area contributed by atoms with Gasteiger partial charge in [0.2, 0.25) is 0 Å². The van der Waals surface area contributed by atoms with Crippen LogP contribution in [0.25, 0.3) is 11.3 Å². The summed E-state index contributed by atoms with van der Waals surface area (Å²) < 4.78 is 5.22. The van der Waals surface area contributed by atoms with Crippen molar-refractivity contribution in [2.45, 2.75) is 32.4 Å². The number of hydrogen-bond donors (Lipinski definition) is 2. The lowest BCUT2D eigenvalue weighted by Crippen LogP contribution is -2.61. The minimum absolute atomic E-state index is 0.0446. The van der Waals surface area contributed by atoms with Crippen molar-refractivity contribution >= 4 is 5.91 Å². The Morgan fingerprint density at radius 3 is 2.71 bits per heavy atom. The maximum absolute atomic E-state index is 12.2. The molecule has 0 aliphatic heterocycles. The molecule has 110 valence electrons. The van der Waals surface area contributed by atoms with Crippen LogP contribution in [0.2, 0.25) is 0 Å². The van der Waals surface area contributed by atoms with Crippen LogP contribution in [0.15, 0.2) is 40.9 Å². The summed E-state index contributed by atoms with van der Waals surface area (Å²) in [6.45, 7) is 3.87. The van der Waals surface area contributed by atoms with Gasteiger partial charge in [-0.25, -0.2) is 0 Å². The van der Waals surface area contributed by atoms with Crippen LogP contribution in [0.4, 0.5) is 0 Å². The van der Waals surface area contributed by atoms with E-state index in [2.05, 4.69) is 10.5 Å². The van der Waals surface area contributed by atoms with E-state index in [0.29, 0.717) is 12.2 Å². The van der Waals surface area contributed by atoms with E-state index in [1.54, 1.807) is 6.07 Å². The second-order valence-corrected chi connectivity index (χ2v) is 6.04. The number of aromatic nitrogens is 1. The van der Waals surface area contributed by atoms with Gasteiger partial charge in [-0.15, -0.1) is 0 Å². The molecule has 1 aliphatic rings. The van der Waals surface area contributed by atoms with E-state index >= 15 is 0 Å². The summed E-state index contributed by atoms with van der Waals surface area (Å²) in [5.41, 5.74) is 0.830. The molecule has 1 heterocycles. The molecule has 1 aliphatic carbocycles. The predicted octanol–water partition coefficient (Wildman–Crippen LogP) is 2.23. The second kappa shape index (κ2) is 5.00. The number of amides is 1. The average Bonchev–Trinajstić information content (AvgIpc) is 2.98. The normalized spacial score (nSPS) is 23.4. The molecule has 3 rings (SSSR count). The number of benzene rings is 1. The van der Waals surface area contributed by atoms with Crippen LogP contribution in [0.3, 0.4) is 0 Å². The van der Waals surface area contributed by atoms with Crippen molar-refractivity contribution in [3.63, 3.8) is 0 Å². The van der Waals surface area contributed by atoms with Gasteiger partial charge in [-0.05, 0) is 6.42 Å². The number of nitrogens with one attached hydrogen (secondary N) is 1. The number of aliphatic hydroxyl groups excluding tert-OH is 1. The Hall–Kier alpha value is -2.14. The molecule has 2 aromatic rings. The topological polar surface area (TPSA) is 75.4 Å². The molecule has 1 aromatic carbocycles. The van der Waals surface area contributed by atoms with E-state index in [9.17, 15) is 9.90 Å². The SMILES string of the molecule is CC1(C)C(O)CC1NC(=O)c1cc(-c2ccccc2)on1. The highest BCUT2D eigenvalue weighted by molar-refractivity contribution is 5.93. The maximum atomic E-state index is 12.2. The van der Waals surface area contributed by atoms with Gasteiger partial charge >= 0.3 is 0 Å². The van der Waals surface area contributed by atoms with Crippen LogP contribution in [-0.2, 0) is 0 Å². The Kier molecular flexibility index (Phi) is 3.29. The molecular weight excluding hydrogens is 268 g/mol. The first-order valence-electron chi connectivity index (χ1n) is 6.99. The Morgan fingerprint density at radius 2 is 2.10 bits per heavy atom. The summed E-state index contributed by atoms with van der Waals surface area (Å²) in [4.78, 5) is 12.2. The lowest BCUT2D eigenvalue weighted by atomic mass is 9.64. The Labute approximate surface area is 123 Å². The number of nitrogens with zero attached hydrogens (tertiary/aromatic N) is 1. The number of carbonyl (C=O) groups excluding carboxylic acids is 1. The first-order chi connectivity index (χ1) is 9.98. The molecule has 5 heteroatoms. The molecular formula is C16H18N2O3. The van der Waals surface area contributed by atoms with Crippen LogP contribution in [0.5, 0.6) is 0 Å².